The van der Waals surface area contributed by atoms with Crippen molar-refractivity contribution in [3.63, 3.8) is 0 Å². The molecule has 0 amide bonds. The summed E-state index contributed by atoms with van der Waals surface area (Å²) < 4.78 is 0. The Bertz CT molecular complexity index is 220. The van der Waals surface area contributed by atoms with Crippen LogP contribution in [0.5, 0.6) is 0 Å². The smallest absolute Gasteiger partial charge is 0.123 e. The van der Waals surface area contributed by atoms with E-state index in [4.69, 9.17) is 5.73 Å². The van der Waals surface area contributed by atoms with Crippen LogP contribution in [-0.4, -0.2) is 9.97 Å². The summed E-state index contributed by atoms with van der Waals surface area (Å²) in [5, 5.41) is 0. The lowest BCUT2D eigenvalue weighted by molar-refractivity contribution is 0.337. The zero-order valence-electron chi connectivity index (χ0n) is 7.96. The zero-order valence-corrected chi connectivity index (χ0v) is 7.96. The van der Waals surface area contributed by atoms with E-state index in [9.17, 15) is 0 Å². The summed E-state index contributed by atoms with van der Waals surface area (Å²) in [6.45, 7) is 6.53. The molecule has 0 radical (unpaired) electrons. The maximum absolute atomic E-state index is 5.93. The SMILES string of the molecule is CC(C)(C)CC(N)c1ncc[nH]1. The van der Waals surface area contributed by atoms with Crippen LogP contribution in [-0.2, 0) is 0 Å². The maximum atomic E-state index is 5.93. The third-order valence-electron chi connectivity index (χ3n) is 1.70. The minimum absolute atomic E-state index is 0.0278. The third kappa shape index (κ3) is 2.66. The quantitative estimate of drug-likeness (QED) is 0.706. The highest BCUT2D eigenvalue weighted by atomic mass is 14.9. The standard InChI is InChI=1S/C9H17N3/c1-9(2,3)6-7(10)8-11-4-5-12-8/h4-5,7H,6,10H2,1-3H3,(H,11,12). The van der Waals surface area contributed by atoms with Gasteiger partial charge in [-0.15, -0.1) is 0 Å². The fourth-order valence-electron chi connectivity index (χ4n) is 1.24. The summed E-state index contributed by atoms with van der Waals surface area (Å²) in [7, 11) is 0. The number of nitrogens with two attached hydrogens (primary N) is 1. The second-order valence-electron chi connectivity index (χ2n) is 4.35. The molecular formula is C9H17N3. The van der Waals surface area contributed by atoms with Crippen LogP contribution in [0.15, 0.2) is 12.4 Å². The number of imidazole rings is 1. The molecular weight excluding hydrogens is 150 g/mol. The normalized spacial score (nSPS) is 14.7. The van der Waals surface area contributed by atoms with Crippen molar-refractivity contribution in [2.24, 2.45) is 11.1 Å². The highest BCUT2D eigenvalue weighted by Crippen LogP contribution is 2.25. The number of rotatable bonds is 2. The summed E-state index contributed by atoms with van der Waals surface area (Å²) in [4.78, 5) is 7.14. The van der Waals surface area contributed by atoms with Crippen molar-refractivity contribution in [3.8, 4) is 0 Å². The average molecular weight is 167 g/mol. The molecule has 0 saturated heterocycles. The minimum Gasteiger partial charge on any atom is -0.347 e. The highest BCUT2D eigenvalue weighted by Gasteiger charge is 2.17. The van der Waals surface area contributed by atoms with Gasteiger partial charge in [0.05, 0.1) is 6.04 Å². The molecule has 12 heavy (non-hydrogen) atoms. The van der Waals surface area contributed by atoms with Crippen molar-refractivity contribution in [1.82, 2.24) is 9.97 Å². The first-order chi connectivity index (χ1) is 5.49. The van der Waals surface area contributed by atoms with E-state index < -0.39 is 0 Å². The van der Waals surface area contributed by atoms with Gasteiger partial charge in [-0.05, 0) is 11.8 Å². The molecule has 0 aliphatic heterocycles. The summed E-state index contributed by atoms with van der Waals surface area (Å²) in [5.74, 6) is 0.880. The summed E-state index contributed by atoms with van der Waals surface area (Å²) in [5.41, 5.74) is 6.19. The Kier molecular flexibility index (Phi) is 2.52. The van der Waals surface area contributed by atoms with E-state index in [1.807, 2.05) is 0 Å². The van der Waals surface area contributed by atoms with Gasteiger partial charge < -0.3 is 10.7 Å². The molecule has 0 saturated carbocycles. The molecule has 0 fully saturated rings. The first-order valence-corrected chi connectivity index (χ1v) is 4.24. The Hall–Kier alpha value is -0.830. The molecule has 0 spiro atoms. The predicted molar refractivity (Wildman–Crippen MR) is 49.6 cm³/mol. The van der Waals surface area contributed by atoms with E-state index in [0.29, 0.717) is 0 Å². The molecule has 1 aromatic heterocycles. The van der Waals surface area contributed by atoms with E-state index in [1.54, 1.807) is 12.4 Å². The molecule has 3 nitrogen and oxygen atoms in total. The fraction of sp³-hybridized carbons (Fsp3) is 0.667. The van der Waals surface area contributed by atoms with Crippen molar-refractivity contribution in [2.45, 2.75) is 33.2 Å². The van der Waals surface area contributed by atoms with Crippen LogP contribution < -0.4 is 5.73 Å². The zero-order chi connectivity index (χ0) is 9.19. The first-order valence-electron chi connectivity index (χ1n) is 4.24. The Morgan fingerprint density at radius 1 is 1.58 bits per heavy atom. The van der Waals surface area contributed by atoms with Crippen LogP contribution in [0, 0.1) is 5.41 Å². The van der Waals surface area contributed by atoms with Gasteiger partial charge in [0.15, 0.2) is 0 Å². The Morgan fingerprint density at radius 2 is 2.25 bits per heavy atom. The number of hydrogen-bond donors (Lipinski definition) is 2. The van der Waals surface area contributed by atoms with Gasteiger partial charge in [-0.2, -0.15) is 0 Å². The van der Waals surface area contributed by atoms with Crippen LogP contribution in [0.2, 0.25) is 0 Å². The maximum Gasteiger partial charge on any atom is 0.123 e. The number of aromatic nitrogens is 2. The molecule has 3 N–H and O–H groups in total. The molecule has 1 aromatic rings. The highest BCUT2D eigenvalue weighted by molar-refractivity contribution is 4.95. The van der Waals surface area contributed by atoms with E-state index in [0.717, 1.165) is 12.2 Å². The monoisotopic (exact) mass is 167 g/mol. The second-order valence-corrected chi connectivity index (χ2v) is 4.35. The topological polar surface area (TPSA) is 54.7 Å². The summed E-state index contributed by atoms with van der Waals surface area (Å²) in [6, 6.07) is 0.0278. The fourth-order valence-corrected chi connectivity index (χ4v) is 1.24. The van der Waals surface area contributed by atoms with E-state index in [1.165, 1.54) is 0 Å². The Morgan fingerprint density at radius 3 is 2.67 bits per heavy atom. The van der Waals surface area contributed by atoms with Crippen molar-refractivity contribution < 1.29 is 0 Å². The molecule has 1 rings (SSSR count). The third-order valence-corrected chi connectivity index (χ3v) is 1.70. The van der Waals surface area contributed by atoms with Gasteiger partial charge in [0, 0.05) is 12.4 Å². The van der Waals surface area contributed by atoms with Gasteiger partial charge in [-0.1, -0.05) is 20.8 Å². The second kappa shape index (κ2) is 3.27. The lowest BCUT2D eigenvalue weighted by Crippen LogP contribution is -2.19. The van der Waals surface area contributed by atoms with Gasteiger partial charge in [0.2, 0.25) is 0 Å². The molecule has 68 valence electrons. The molecule has 1 unspecified atom stereocenters. The van der Waals surface area contributed by atoms with Gasteiger partial charge in [-0.3, -0.25) is 0 Å². The minimum atomic E-state index is 0.0278. The molecule has 1 atom stereocenters. The van der Waals surface area contributed by atoms with Crippen molar-refractivity contribution >= 4 is 0 Å². The van der Waals surface area contributed by atoms with Crippen LogP contribution in [0.25, 0.3) is 0 Å². The molecule has 0 bridgehead atoms. The lowest BCUT2D eigenvalue weighted by Gasteiger charge is -2.21. The van der Waals surface area contributed by atoms with E-state index >= 15 is 0 Å². The van der Waals surface area contributed by atoms with Crippen LogP contribution >= 0.6 is 0 Å². The van der Waals surface area contributed by atoms with E-state index in [2.05, 4.69) is 30.7 Å². The Labute approximate surface area is 73.4 Å². The molecule has 0 aliphatic rings. The number of nitrogens with one attached hydrogen (secondary N) is 1. The Balaban J connectivity index is 2.56. The lowest BCUT2D eigenvalue weighted by atomic mass is 9.88. The van der Waals surface area contributed by atoms with Crippen molar-refractivity contribution in [3.05, 3.63) is 18.2 Å². The predicted octanol–water partition coefficient (Wildman–Crippen LogP) is 1.85. The van der Waals surface area contributed by atoms with Gasteiger partial charge >= 0.3 is 0 Å². The summed E-state index contributed by atoms with van der Waals surface area (Å²) >= 11 is 0. The van der Waals surface area contributed by atoms with Crippen molar-refractivity contribution in [2.75, 3.05) is 0 Å². The van der Waals surface area contributed by atoms with Gasteiger partial charge in [-0.25, -0.2) is 4.98 Å². The van der Waals surface area contributed by atoms with Gasteiger partial charge in [0.1, 0.15) is 5.82 Å². The van der Waals surface area contributed by atoms with Crippen molar-refractivity contribution in [1.29, 1.82) is 0 Å². The number of aromatic amines is 1. The number of hydrogen-bond acceptors (Lipinski definition) is 2. The summed E-state index contributed by atoms with van der Waals surface area (Å²) in [6.07, 6.45) is 4.48. The number of H-pyrrole nitrogens is 1. The average Bonchev–Trinajstić information content (AvgIpc) is 2.32. The number of nitrogens with zero attached hydrogens (tertiary/aromatic N) is 1. The van der Waals surface area contributed by atoms with Gasteiger partial charge in [0.25, 0.3) is 0 Å². The molecule has 0 aliphatic carbocycles. The van der Waals surface area contributed by atoms with Crippen LogP contribution in [0.4, 0.5) is 0 Å². The largest absolute Gasteiger partial charge is 0.347 e. The molecule has 1 heterocycles. The van der Waals surface area contributed by atoms with E-state index in [-0.39, 0.29) is 11.5 Å². The molecule has 3 heteroatoms. The molecule has 0 aromatic carbocycles. The first kappa shape index (κ1) is 9.26. The van der Waals surface area contributed by atoms with Crippen LogP contribution in [0.1, 0.15) is 39.1 Å². The van der Waals surface area contributed by atoms with Crippen LogP contribution in [0.3, 0.4) is 0 Å².